The molecular formula is C17H16O5S. The molecule has 23 heavy (non-hydrogen) atoms. The van der Waals surface area contributed by atoms with Crippen LogP contribution in [-0.2, 0) is 20.7 Å². The van der Waals surface area contributed by atoms with Crippen molar-refractivity contribution in [2.24, 2.45) is 0 Å². The third kappa shape index (κ3) is 2.93. The standard InChI is InChI=1S/C17H16O5S/c1-12-6-8-14(9-7-12)23(20,21)22-11-17(19)10-13-4-2-3-5-15(13)16(17)18/h2-9,19H,10-11H2,1H3. The molecule has 120 valence electrons. The van der Waals surface area contributed by atoms with E-state index in [1.807, 2.05) is 6.92 Å². The molecule has 0 heterocycles. The molecule has 0 saturated heterocycles. The van der Waals surface area contributed by atoms with Gasteiger partial charge in [-0.3, -0.25) is 8.98 Å². The van der Waals surface area contributed by atoms with Crippen molar-refractivity contribution >= 4 is 15.9 Å². The average Bonchev–Trinajstić information content (AvgIpc) is 2.78. The molecule has 1 unspecified atom stereocenters. The number of carbonyl (C=O) groups is 1. The van der Waals surface area contributed by atoms with E-state index in [1.54, 1.807) is 36.4 Å². The van der Waals surface area contributed by atoms with Gasteiger partial charge in [-0.1, -0.05) is 42.0 Å². The third-order valence-corrected chi connectivity index (χ3v) is 5.21. The molecule has 1 atom stereocenters. The number of aliphatic hydroxyl groups is 1. The van der Waals surface area contributed by atoms with Crippen molar-refractivity contribution in [3.63, 3.8) is 0 Å². The lowest BCUT2D eigenvalue weighted by Crippen LogP contribution is -2.41. The largest absolute Gasteiger partial charge is 0.379 e. The molecule has 1 N–H and O–H groups in total. The zero-order valence-corrected chi connectivity index (χ0v) is 13.3. The highest BCUT2D eigenvalue weighted by molar-refractivity contribution is 7.86. The van der Waals surface area contributed by atoms with Gasteiger partial charge in [-0.2, -0.15) is 8.42 Å². The summed E-state index contributed by atoms with van der Waals surface area (Å²) in [6, 6.07) is 13.0. The summed E-state index contributed by atoms with van der Waals surface area (Å²) < 4.78 is 29.3. The third-order valence-electron chi connectivity index (χ3n) is 3.93. The van der Waals surface area contributed by atoms with E-state index >= 15 is 0 Å². The monoisotopic (exact) mass is 332 g/mol. The van der Waals surface area contributed by atoms with Gasteiger partial charge in [-0.15, -0.1) is 0 Å². The lowest BCUT2D eigenvalue weighted by atomic mass is 10.0. The van der Waals surface area contributed by atoms with Crippen LogP contribution in [0.25, 0.3) is 0 Å². The smallest absolute Gasteiger partial charge is 0.297 e. The highest BCUT2D eigenvalue weighted by atomic mass is 32.2. The SMILES string of the molecule is Cc1ccc(S(=O)(=O)OCC2(O)Cc3ccccc3C2=O)cc1. The van der Waals surface area contributed by atoms with Gasteiger partial charge in [-0.25, -0.2) is 0 Å². The minimum Gasteiger partial charge on any atom is -0.379 e. The Labute approximate surface area is 134 Å². The fraction of sp³-hybridized carbons (Fsp3) is 0.235. The second-order valence-electron chi connectivity index (χ2n) is 5.72. The van der Waals surface area contributed by atoms with Crippen LogP contribution < -0.4 is 0 Å². The van der Waals surface area contributed by atoms with E-state index < -0.39 is 28.1 Å². The van der Waals surface area contributed by atoms with Gasteiger partial charge in [-0.05, 0) is 24.6 Å². The maximum Gasteiger partial charge on any atom is 0.297 e. The normalized spacial score (nSPS) is 20.5. The molecule has 3 rings (SSSR count). The molecule has 5 nitrogen and oxygen atoms in total. The summed E-state index contributed by atoms with van der Waals surface area (Å²) in [5.74, 6) is -0.507. The maximum absolute atomic E-state index is 12.3. The van der Waals surface area contributed by atoms with Crippen LogP contribution >= 0.6 is 0 Å². The van der Waals surface area contributed by atoms with Gasteiger partial charge in [0.15, 0.2) is 11.4 Å². The summed E-state index contributed by atoms with van der Waals surface area (Å²) in [5.41, 5.74) is 0.174. The number of carbonyl (C=O) groups excluding carboxylic acids is 1. The van der Waals surface area contributed by atoms with E-state index in [0.717, 1.165) is 5.56 Å². The molecular weight excluding hydrogens is 316 g/mol. The molecule has 0 fully saturated rings. The van der Waals surface area contributed by atoms with E-state index in [2.05, 4.69) is 0 Å². The van der Waals surface area contributed by atoms with Crippen LogP contribution in [0.3, 0.4) is 0 Å². The zero-order chi connectivity index (χ0) is 16.7. The number of benzene rings is 2. The van der Waals surface area contributed by atoms with Crippen molar-refractivity contribution in [3.8, 4) is 0 Å². The van der Waals surface area contributed by atoms with E-state index in [-0.39, 0.29) is 11.3 Å². The summed E-state index contributed by atoms with van der Waals surface area (Å²) in [6.45, 7) is 1.24. The first-order chi connectivity index (χ1) is 10.8. The minimum atomic E-state index is -4.03. The number of hydrogen-bond acceptors (Lipinski definition) is 5. The Morgan fingerprint density at radius 3 is 2.43 bits per heavy atom. The lowest BCUT2D eigenvalue weighted by molar-refractivity contribution is 0.0124. The van der Waals surface area contributed by atoms with Gasteiger partial charge in [0.1, 0.15) is 6.61 Å². The first-order valence-electron chi connectivity index (χ1n) is 7.13. The maximum atomic E-state index is 12.3. The van der Waals surface area contributed by atoms with E-state index in [9.17, 15) is 18.3 Å². The van der Waals surface area contributed by atoms with Crippen molar-refractivity contribution in [1.29, 1.82) is 0 Å². The topological polar surface area (TPSA) is 80.7 Å². The molecule has 2 aromatic carbocycles. The van der Waals surface area contributed by atoms with E-state index in [4.69, 9.17) is 4.18 Å². The first-order valence-corrected chi connectivity index (χ1v) is 8.54. The molecule has 0 spiro atoms. The van der Waals surface area contributed by atoms with Crippen molar-refractivity contribution in [3.05, 3.63) is 65.2 Å². The Morgan fingerprint density at radius 2 is 1.78 bits per heavy atom. The predicted octanol–water partition coefficient (Wildman–Crippen LogP) is 1.87. The average molecular weight is 332 g/mol. The van der Waals surface area contributed by atoms with Gasteiger partial charge < -0.3 is 5.11 Å². The molecule has 6 heteroatoms. The fourth-order valence-corrected chi connectivity index (χ4v) is 3.56. The molecule has 0 aromatic heterocycles. The second-order valence-corrected chi connectivity index (χ2v) is 7.34. The Bertz CT molecular complexity index is 855. The fourth-order valence-electron chi connectivity index (χ4n) is 2.61. The molecule has 0 bridgehead atoms. The second kappa shape index (κ2) is 5.56. The van der Waals surface area contributed by atoms with Crippen LogP contribution in [0.1, 0.15) is 21.5 Å². The summed E-state index contributed by atoms with van der Waals surface area (Å²) in [7, 11) is -4.03. The van der Waals surface area contributed by atoms with Crippen molar-refractivity contribution in [1.82, 2.24) is 0 Å². The van der Waals surface area contributed by atoms with Crippen LogP contribution in [0.2, 0.25) is 0 Å². The van der Waals surface area contributed by atoms with Crippen LogP contribution in [0.15, 0.2) is 53.4 Å². The van der Waals surface area contributed by atoms with Gasteiger partial charge in [0.2, 0.25) is 0 Å². The number of ketones is 1. The van der Waals surface area contributed by atoms with Crippen molar-refractivity contribution < 1.29 is 22.5 Å². The van der Waals surface area contributed by atoms with Crippen molar-refractivity contribution in [2.45, 2.75) is 23.8 Å². The Morgan fingerprint density at radius 1 is 1.13 bits per heavy atom. The summed E-state index contributed by atoms with van der Waals surface area (Å²) in [4.78, 5) is 12.3. The van der Waals surface area contributed by atoms with E-state index in [0.29, 0.717) is 11.1 Å². The van der Waals surface area contributed by atoms with Crippen molar-refractivity contribution in [2.75, 3.05) is 6.61 Å². The Balaban J connectivity index is 1.78. The minimum absolute atomic E-state index is 0.00494. The molecule has 0 aliphatic heterocycles. The molecule has 0 amide bonds. The Kier molecular flexibility index (Phi) is 3.83. The lowest BCUT2D eigenvalue weighted by Gasteiger charge is -2.20. The van der Waals surface area contributed by atoms with Gasteiger partial charge >= 0.3 is 0 Å². The number of aryl methyl sites for hydroxylation is 1. The summed E-state index contributed by atoms with van der Waals surface area (Å²) >= 11 is 0. The van der Waals surface area contributed by atoms with Gasteiger partial charge in [0, 0.05) is 12.0 Å². The molecule has 1 aliphatic carbocycles. The number of fused-ring (bicyclic) bond motifs is 1. The van der Waals surface area contributed by atoms with Crippen LogP contribution in [0, 0.1) is 6.92 Å². The summed E-state index contributed by atoms with van der Waals surface area (Å²) in [6.07, 6.45) is 0.0470. The predicted molar refractivity (Wildman–Crippen MR) is 83.7 cm³/mol. The van der Waals surface area contributed by atoms with Crippen LogP contribution in [-0.4, -0.2) is 31.5 Å². The quantitative estimate of drug-likeness (QED) is 0.865. The van der Waals surface area contributed by atoms with Gasteiger partial charge in [0.25, 0.3) is 10.1 Å². The Hall–Kier alpha value is -2.02. The van der Waals surface area contributed by atoms with E-state index in [1.165, 1.54) is 12.1 Å². The molecule has 0 radical (unpaired) electrons. The van der Waals surface area contributed by atoms with Crippen LogP contribution in [0.4, 0.5) is 0 Å². The highest BCUT2D eigenvalue weighted by Gasteiger charge is 2.45. The highest BCUT2D eigenvalue weighted by Crippen LogP contribution is 2.31. The number of Topliss-reactive ketones (excluding diaryl/α,β-unsaturated/α-hetero) is 1. The number of rotatable bonds is 4. The first kappa shape index (κ1) is 15.9. The van der Waals surface area contributed by atoms with Gasteiger partial charge in [0.05, 0.1) is 4.90 Å². The summed E-state index contributed by atoms with van der Waals surface area (Å²) in [5, 5.41) is 10.5. The zero-order valence-electron chi connectivity index (χ0n) is 12.5. The van der Waals surface area contributed by atoms with Crippen LogP contribution in [0.5, 0.6) is 0 Å². The molecule has 0 saturated carbocycles. The molecule has 2 aromatic rings. The number of hydrogen-bond donors (Lipinski definition) is 1. The molecule has 1 aliphatic rings.